The molecule has 0 radical (unpaired) electrons. The maximum Gasteiger partial charge on any atom is 0.269 e. The van der Waals surface area contributed by atoms with Crippen molar-refractivity contribution in [2.45, 2.75) is 26.2 Å². The Kier molecular flexibility index (Phi) is 6.10. The first kappa shape index (κ1) is 18.2. The second-order valence-corrected chi connectivity index (χ2v) is 6.95. The van der Waals surface area contributed by atoms with Crippen LogP contribution in [-0.2, 0) is 6.42 Å². The summed E-state index contributed by atoms with van der Waals surface area (Å²) in [7, 11) is 1.65. The van der Waals surface area contributed by atoms with Gasteiger partial charge in [0.15, 0.2) is 0 Å². The van der Waals surface area contributed by atoms with Crippen LogP contribution in [0.4, 0.5) is 5.69 Å². The Morgan fingerprint density at radius 2 is 2.12 bits per heavy atom. The summed E-state index contributed by atoms with van der Waals surface area (Å²) in [5.74, 6) is 1.41. The van der Waals surface area contributed by atoms with Crippen molar-refractivity contribution in [2.24, 2.45) is 5.92 Å². The van der Waals surface area contributed by atoms with E-state index in [4.69, 9.17) is 4.74 Å². The van der Waals surface area contributed by atoms with Gasteiger partial charge in [-0.2, -0.15) is 0 Å². The number of benzene rings is 1. The maximum absolute atomic E-state index is 12.4. The molecule has 1 atom stereocenters. The molecule has 1 aromatic carbocycles. The van der Waals surface area contributed by atoms with Gasteiger partial charge in [0.05, 0.1) is 7.11 Å². The number of amides is 1. The number of hydrogen-bond acceptors (Lipinski definition) is 4. The molecule has 0 aliphatic carbocycles. The second-order valence-electron chi connectivity index (χ2n) is 6.95. The molecule has 138 valence electrons. The summed E-state index contributed by atoms with van der Waals surface area (Å²) in [6.45, 7) is 4.95. The van der Waals surface area contributed by atoms with E-state index < -0.39 is 0 Å². The SMILES string of the molecule is COc1ccc(CCNC(=O)c2cc(N3CCCC(C)C3)ccn2)cc1. The third-order valence-corrected chi connectivity index (χ3v) is 4.86. The van der Waals surface area contributed by atoms with Crippen LogP contribution >= 0.6 is 0 Å². The topological polar surface area (TPSA) is 54.5 Å². The van der Waals surface area contributed by atoms with Crippen molar-refractivity contribution in [3.8, 4) is 5.75 Å². The van der Waals surface area contributed by atoms with Crippen molar-refractivity contribution in [2.75, 3.05) is 31.6 Å². The number of nitrogens with one attached hydrogen (secondary N) is 1. The molecule has 5 heteroatoms. The highest BCUT2D eigenvalue weighted by molar-refractivity contribution is 5.93. The molecular weight excluding hydrogens is 326 g/mol. The zero-order valence-corrected chi connectivity index (χ0v) is 15.6. The van der Waals surface area contributed by atoms with Gasteiger partial charge in [-0.05, 0) is 55.0 Å². The smallest absolute Gasteiger partial charge is 0.269 e. The lowest BCUT2D eigenvalue weighted by atomic mass is 10.00. The van der Waals surface area contributed by atoms with E-state index in [0.717, 1.165) is 36.5 Å². The highest BCUT2D eigenvalue weighted by Crippen LogP contribution is 2.23. The summed E-state index contributed by atoms with van der Waals surface area (Å²) < 4.78 is 5.16. The summed E-state index contributed by atoms with van der Waals surface area (Å²) >= 11 is 0. The molecule has 0 bridgehead atoms. The van der Waals surface area contributed by atoms with Crippen LogP contribution in [0.25, 0.3) is 0 Å². The molecule has 1 aliphatic heterocycles. The molecule has 1 aromatic heterocycles. The van der Waals surface area contributed by atoms with E-state index in [1.807, 2.05) is 36.4 Å². The molecule has 2 heterocycles. The lowest BCUT2D eigenvalue weighted by molar-refractivity contribution is 0.0949. The molecule has 1 fully saturated rings. The van der Waals surface area contributed by atoms with E-state index >= 15 is 0 Å². The van der Waals surface area contributed by atoms with Gasteiger partial charge in [0, 0.05) is 31.5 Å². The summed E-state index contributed by atoms with van der Waals surface area (Å²) in [6.07, 6.45) is 4.99. The molecule has 1 N–H and O–H groups in total. The minimum atomic E-state index is -0.120. The fourth-order valence-electron chi connectivity index (χ4n) is 3.37. The Bertz CT molecular complexity index is 730. The van der Waals surface area contributed by atoms with E-state index in [1.165, 1.54) is 12.8 Å². The predicted octanol–water partition coefficient (Wildman–Crippen LogP) is 3.30. The number of methoxy groups -OCH3 is 1. The number of pyridine rings is 1. The van der Waals surface area contributed by atoms with Gasteiger partial charge in [-0.25, -0.2) is 0 Å². The molecule has 1 amide bonds. The van der Waals surface area contributed by atoms with Crippen molar-refractivity contribution in [3.05, 3.63) is 53.9 Å². The number of anilines is 1. The van der Waals surface area contributed by atoms with Gasteiger partial charge >= 0.3 is 0 Å². The minimum absolute atomic E-state index is 0.120. The lowest BCUT2D eigenvalue weighted by Crippen LogP contribution is -2.34. The third-order valence-electron chi connectivity index (χ3n) is 4.86. The first-order valence-electron chi connectivity index (χ1n) is 9.28. The van der Waals surface area contributed by atoms with Crippen LogP contribution in [0, 0.1) is 5.92 Å². The van der Waals surface area contributed by atoms with Gasteiger partial charge in [0.1, 0.15) is 11.4 Å². The second kappa shape index (κ2) is 8.70. The average Bonchev–Trinajstić information content (AvgIpc) is 2.68. The number of aromatic nitrogens is 1. The molecule has 1 saturated heterocycles. The first-order chi connectivity index (χ1) is 12.7. The van der Waals surface area contributed by atoms with Crippen molar-refractivity contribution in [3.63, 3.8) is 0 Å². The highest BCUT2D eigenvalue weighted by atomic mass is 16.5. The lowest BCUT2D eigenvalue weighted by Gasteiger charge is -2.32. The van der Waals surface area contributed by atoms with Crippen molar-refractivity contribution >= 4 is 11.6 Å². The quantitative estimate of drug-likeness (QED) is 0.866. The minimum Gasteiger partial charge on any atom is -0.497 e. The number of nitrogens with zero attached hydrogens (tertiary/aromatic N) is 2. The third kappa shape index (κ3) is 4.75. The highest BCUT2D eigenvalue weighted by Gasteiger charge is 2.18. The zero-order chi connectivity index (χ0) is 18.4. The first-order valence-corrected chi connectivity index (χ1v) is 9.28. The van der Waals surface area contributed by atoms with Crippen LogP contribution in [0.1, 0.15) is 35.8 Å². The van der Waals surface area contributed by atoms with E-state index in [9.17, 15) is 4.79 Å². The van der Waals surface area contributed by atoms with Crippen LogP contribution in [-0.4, -0.2) is 37.6 Å². The Hall–Kier alpha value is -2.56. The molecule has 26 heavy (non-hydrogen) atoms. The van der Waals surface area contributed by atoms with Crippen molar-refractivity contribution in [1.82, 2.24) is 10.3 Å². The molecule has 1 unspecified atom stereocenters. The van der Waals surface area contributed by atoms with Gasteiger partial charge in [-0.1, -0.05) is 19.1 Å². The van der Waals surface area contributed by atoms with Gasteiger partial charge in [-0.15, -0.1) is 0 Å². The van der Waals surface area contributed by atoms with Crippen LogP contribution in [0.3, 0.4) is 0 Å². The fraction of sp³-hybridized carbons (Fsp3) is 0.429. The van der Waals surface area contributed by atoms with E-state index in [2.05, 4.69) is 22.1 Å². The number of carbonyl (C=O) groups is 1. The molecule has 0 saturated carbocycles. The van der Waals surface area contributed by atoms with Crippen LogP contribution in [0.5, 0.6) is 5.75 Å². The van der Waals surface area contributed by atoms with Crippen LogP contribution in [0.2, 0.25) is 0 Å². The zero-order valence-electron chi connectivity index (χ0n) is 15.6. The van der Waals surface area contributed by atoms with E-state index in [1.54, 1.807) is 13.3 Å². The number of rotatable bonds is 6. The van der Waals surface area contributed by atoms with Crippen molar-refractivity contribution < 1.29 is 9.53 Å². The van der Waals surface area contributed by atoms with Gasteiger partial charge < -0.3 is 15.0 Å². The summed E-state index contributed by atoms with van der Waals surface area (Å²) in [5.41, 5.74) is 2.73. The molecule has 0 spiro atoms. The largest absolute Gasteiger partial charge is 0.497 e. The van der Waals surface area contributed by atoms with Crippen LogP contribution in [0.15, 0.2) is 42.6 Å². The summed E-state index contributed by atoms with van der Waals surface area (Å²) in [5, 5.41) is 2.96. The van der Waals surface area contributed by atoms with E-state index in [0.29, 0.717) is 18.2 Å². The molecule has 3 rings (SSSR count). The Labute approximate surface area is 155 Å². The summed E-state index contributed by atoms with van der Waals surface area (Å²) in [4.78, 5) is 19.0. The Morgan fingerprint density at radius 1 is 1.31 bits per heavy atom. The molecule has 1 aliphatic rings. The van der Waals surface area contributed by atoms with Gasteiger partial charge in [-0.3, -0.25) is 9.78 Å². The van der Waals surface area contributed by atoms with Crippen molar-refractivity contribution in [1.29, 1.82) is 0 Å². The summed E-state index contributed by atoms with van der Waals surface area (Å²) in [6, 6.07) is 11.8. The average molecular weight is 353 g/mol. The normalized spacial score (nSPS) is 17.0. The number of hydrogen-bond donors (Lipinski definition) is 1. The number of carbonyl (C=O) groups excluding carboxylic acids is 1. The number of ether oxygens (including phenoxy) is 1. The van der Waals surface area contributed by atoms with E-state index in [-0.39, 0.29) is 5.91 Å². The standard InChI is InChI=1S/C21H27N3O2/c1-16-4-3-13-24(15-16)18-10-12-22-20(14-18)21(25)23-11-9-17-5-7-19(26-2)8-6-17/h5-8,10,12,14,16H,3-4,9,11,13,15H2,1-2H3,(H,23,25). The predicted molar refractivity (Wildman–Crippen MR) is 104 cm³/mol. The Balaban J connectivity index is 1.54. The number of piperidine rings is 1. The molecular formula is C21H27N3O2. The van der Waals surface area contributed by atoms with Gasteiger partial charge in [0.25, 0.3) is 5.91 Å². The molecule has 5 nitrogen and oxygen atoms in total. The Morgan fingerprint density at radius 3 is 2.85 bits per heavy atom. The van der Waals surface area contributed by atoms with Gasteiger partial charge in [0.2, 0.25) is 0 Å². The fourth-order valence-corrected chi connectivity index (χ4v) is 3.37. The maximum atomic E-state index is 12.4. The molecule has 2 aromatic rings. The van der Waals surface area contributed by atoms with Crippen LogP contribution < -0.4 is 15.0 Å². The monoisotopic (exact) mass is 353 g/mol.